The first kappa shape index (κ1) is 34.0. The predicted octanol–water partition coefficient (Wildman–Crippen LogP) is 3.64. The van der Waals surface area contributed by atoms with Crippen molar-refractivity contribution in [2.45, 2.75) is 128 Å². The molecule has 242 valence electrons. The largest absolute Gasteiger partial charge is 0.479 e. The van der Waals surface area contributed by atoms with Crippen LogP contribution in [0.25, 0.3) is 0 Å². The van der Waals surface area contributed by atoms with Gasteiger partial charge in [0.15, 0.2) is 12.4 Å². The molecule has 3 aliphatic carbocycles. The van der Waals surface area contributed by atoms with Gasteiger partial charge in [-0.15, -0.1) is 0 Å². The lowest BCUT2D eigenvalue weighted by Crippen LogP contribution is -2.61. The number of aliphatic carboxylic acids is 1. The molecule has 6 N–H and O–H groups in total. The molecule has 3 unspecified atom stereocenters. The Hall–Kier alpha value is -1.85. The third-order valence-corrected chi connectivity index (χ3v) is 11.0. The fourth-order valence-corrected chi connectivity index (χ4v) is 7.87. The number of fused-ring (bicyclic) bond motifs is 1. The van der Waals surface area contributed by atoms with Gasteiger partial charge in [0.25, 0.3) is 0 Å². The Kier molecular flexibility index (Phi) is 10.5. The molecule has 4 rings (SSSR count). The van der Waals surface area contributed by atoms with Gasteiger partial charge in [-0.1, -0.05) is 57.2 Å². The third-order valence-electron chi connectivity index (χ3n) is 11.0. The summed E-state index contributed by atoms with van der Waals surface area (Å²) < 4.78 is 11.4. The van der Waals surface area contributed by atoms with E-state index in [-0.39, 0.29) is 11.3 Å². The van der Waals surface area contributed by atoms with Gasteiger partial charge < -0.3 is 40.1 Å². The Morgan fingerprint density at radius 1 is 1.07 bits per heavy atom. The third kappa shape index (κ3) is 7.03. The van der Waals surface area contributed by atoms with Crippen LogP contribution in [0.15, 0.2) is 47.6 Å². The minimum absolute atomic E-state index is 0.134. The summed E-state index contributed by atoms with van der Waals surface area (Å²) in [5.74, 6) is -0.294. The summed E-state index contributed by atoms with van der Waals surface area (Å²) >= 11 is 0. The van der Waals surface area contributed by atoms with Gasteiger partial charge in [0.1, 0.15) is 18.3 Å². The van der Waals surface area contributed by atoms with Crippen molar-refractivity contribution < 1.29 is 44.9 Å². The van der Waals surface area contributed by atoms with E-state index in [9.17, 15) is 35.4 Å². The highest BCUT2D eigenvalue weighted by molar-refractivity contribution is 5.73. The van der Waals surface area contributed by atoms with Gasteiger partial charge in [-0.2, -0.15) is 0 Å². The van der Waals surface area contributed by atoms with E-state index in [1.807, 2.05) is 20.8 Å². The standard InChI is InChI=1S/C34H52O9/c1-18(9-10-19(2)33(4,5)43-32-29(39)27(37)28(38)30(42-32)31(40)41)24-13-14-25-21(8-7-15-34(24,25)6)11-12-22-16-23(35)17-26(36)20(22)3/h9-12,18-19,23-30,32,35-39H,3,7-8,13-17H2,1-2,4-6H3,(H,40,41)/b10-9+,21-11+,22-12-/t18-,19-,23+,24-,25-,26-,27?,28+,29?,30?,32-,34+/m0/s1. The van der Waals surface area contributed by atoms with Crippen LogP contribution in [0.2, 0.25) is 0 Å². The lowest BCUT2D eigenvalue weighted by atomic mass is 9.61. The van der Waals surface area contributed by atoms with E-state index in [1.54, 1.807) is 0 Å². The van der Waals surface area contributed by atoms with E-state index in [4.69, 9.17) is 9.47 Å². The summed E-state index contributed by atoms with van der Waals surface area (Å²) in [6.07, 6.45) is 5.72. The highest BCUT2D eigenvalue weighted by Crippen LogP contribution is 2.59. The van der Waals surface area contributed by atoms with Crippen LogP contribution in [0.1, 0.15) is 79.6 Å². The molecule has 43 heavy (non-hydrogen) atoms. The molecule has 9 heteroatoms. The number of hydrogen-bond acceptors (Lipinski definition) is 8. The smallest absolute Gasteiger partial charge is 0.335 e. The van der Waals surface area contributed by atoms with Gasteiger partial charge in [-0.05, 0) is 86.7 Å². The molecule has 0 bridgehead atoms. The van der Waals surface area contributed by atoms with E-state index < -0.39 is 54.5 Å². The second-order valence-corrected chi connectivity index (χ2v) is 14.2. The Balaban J connectivity index is 1.42. The van der Waals surface area contributed by atoms with E-state index in [2.05, 4.69) is 44.7 Å². The number of carboxylic acid groups (broad SMARTS) is 1. The Labute approximate surface area is 255 Å². The highest BCUT2D eigenvalue weighted by Gasteiger charge is 2.51. The average Bonchev–Trinajstić information content (AvgIpc) is 3.30. The van der Waals surface area contributed by atoms with Gasteiger partial charge in [-0.3, -0.25) is 0 Å². The first-order valence-corrected chi connectivity index (χ1v) is 15.8. The van der Waals surface area contributed by atoms with Crippen molar-refractivity contribution in [2.24, 2.45) is 29.1 Å². The van der Waals surface area contributed by atoms with Crippen LogP contribution in [0.5, 0.6) is 0 Å². The van der Waals surface area contributed by atoms with Gasteiger partial charge in [0.05, 0.1) is 17.8 Å². The van der Waals surface area contributed by atoms with Crippen LogP contribution in [-0.4, -0.2) is 85.1 Å². The number of carbonyl (C=O) groups is 1. The van der Waals surface area contributed by atoms with Crippen molar-refractivity contribution in [3.63, 3.8) is 0 Å². The van der Waals surface area contributed by atoms with Crippen LogP contribution in [-0.2, 0) is 14.3 Å². The van der Waals surface area contributed by atoms with Crippen molar-refractivity contribution in [3.05, 3.63) is 47.6 Å². The van der Waals surface area contributed by atoms with Crippen LogP contribution < -0.4 is 0 Å². The van der Waals surface area contributed by atoms with Crippen LogP contribution in [0, 0.1) is 29.1 Å². The van der Waals surface area contributed by atoms with Crippen molar-refractivity contribution >= 4 is 5.97 Å². The molecular weight excluding hydrogens is 552 g/mol. The van der Waals surface area contributed by atoms with E-state index in [0.29, 0.717) is 36.2 Å². The first-order valence-electron chi connectivity index (χ1n) is 15.8. The molecule has 4 fully saturated rings. The Bertz CT molecular complexity index is 1120. The molecule has 0 spiro atoms. The second-order valence-electron chi connectivity index (χ2n) is 14.2. The number of rotatable bonds is 8. The number of aliphatic hydroxyl groups is 5. The summed E-state index contributed by atoms with van der Waals surface area (Å²) in [4.78, 5) is 11.5. The average molecular weight is 605 g/mol. The van der Waals surface area contributed by atoms with E-state index in [1.165, 1.54) is 12.0 Å². The summed E-state index contributed by atoms with van der Waals surface area (Å²) in [6.45, 7) is 14.4. The van der Waals surface area contributed by atoms with Crippen LogP contribution in [0.3, 0.4) is 0 Å². The van der Waals surface area contributed by atoms with Gasteiger partial charge in [-0.25, -0.2) is 4.79 Å². The SMILES string of the molecule is C=C1/C(=C\C=C2/CCC[C@@]3(C)[C@H]2CC[C@H]3[C@@H](C)/C=C/[C@H](C)C(C)(C)O[C@@H]2OC(C(=O)O)[C@H](O)C(O)C2O)C[C@@H](O)C[C@@H]1O. The highest BCUT2D eigenvalue weighted by atomic mass is 16.7. The molecule has 1 aliphatic heterocycles. The predicted molar refractivity (Wildman–Crippen MR) is 162 cm³/mol. The molecule has 0 radical (unpaired) electrons. The Morgan fingerprint density at radius 2 is 1.77 bits per heavy atom. The topological polar surface area (TPSA) is 157 Å². The zero-order chi connectivity index (χ0) is 31.9. The Morgan fingerprint density at radius 3 is 2.44 bits per heavy atom. The number of aliphatic hydroxyl groups excluding tert-OH is 5. The molecule has 0 aromatic heterocycles. The molecule has 0 amide bonds. The molecule has 1 saturated heterocycles. The summed E-state index contributed by atoms with van der Waals surface area (Å²) in [6, 6.07) is 0. The maximum absolute atomic E-state index is 11.5. The summed E-state index contributed by atoms with van der Waals surface area (Å²) in [5, 5.41) is 60.3. The first-order chi connectivity index (χ1) is 20.1. The minimum atomic E-state index is -1.76. The molecular formula is C34H52O9. The fraction of sp³-hybridized carbons (Fsp3) is 0.735. The second kappa shape index (κ2) is 13.3. The molecule has 9 nitrogen and oxygen atoms in total. The maximum Gasteiger partial charge on any atom is 0.335 e. The molecule has 1 heterocycles. The van der Waals surface area contributed by atoms with Gasteiger partial charge in [0.2, 0.25) is 0 Å². The van der Waals surface area contributed by atoms with Gasteiger partial charge >= 0.3 is 5.97 Å². The van der Waals surface area contributed by atoms with E-state index >= 15 is 0 Å². The zero-order valence-corrected chi connectivity index (χ0v) is 26.2. The molecule has 0 aromatic carbocycles. The normalized spacial score (nSPS) is 42.4. The number of ether oxygens (including phenoxy) is 2. The molecule has 0 aromatic rings. The van der Waals surface area contributed by atoms with Crippen molar-refractivity contribution in [3.8, 4) is 0 Å². The number of allylic oxidation sites excluding steroid dienone is 4. The number of hydrogen-bond donors (Lipinski definition) is 6. The number of carboxylic acids is 1. The summed E-state index contributed by atoms with van der Waals surface area (Å²) in [7, 11) is 0. The van der Waals surface area contributed by atoms with Crippen molar-refractivity contribution in [1.29, 1.82) is 0 Å². The van der Waals surface area contributed by atoms with Crippen molar-refractivity contribution in [2.75, 3.05) is 0 Å². The molecule has 4 aliphatic rings. The fourth-order valence-electron chi connectivity index (χ4n) is 7.87. The zero-order valence-electron chi connectivity index (χ0n) is 26.2. The monoisotopic (exact) mass is 604 g/mol. The summed E-state index contributed by atoms with van der Waals surface area (Å²) in [5.41, 5.74) is 2.39. The molecule has 12 atom stereocenters. The van der Waals surface area contributed by atoms with Crippen LogP contribution in [0.4, 0.5) is 0 Å². The lowest BCUT2D eigenvalue weighted by molar-refractivity contribution is -0.319. The minimum Gasteiger partial charge on any atom is -0.479 e. The lowest BCUT2D eigenvalue weighted by Gasteiger charge is -2.44. The van der Waals surface area contributed by atoms with Gasteiger partial charge in [0, 0.05) is 12.3 Å². The van der Waals surface area contributed by atoms with Crippen LogP contribution >= 0.6 is 0 Å². The van der Waals surface area contributed by atoms with Crippen molar-refractivity contribution in [1.82, 2.24) is 0 Å². The quantitative estimate of drug-likeness (QED) is 0.228. The van der Waals surface area contributed by atoms with E-state index in [0.717, 1.165) is 31.3 Å². The molecule has 3 saturated carbocycles. The maximum atomic E-state index is 11.5.